The van der Waals surface area contributed by atoms with Crippen LogP contribution in [0.4, 0.5) is 0 Å². The van der Waals surface area contributed by atoms with Crippen LogP contribution in [0.3, 0.4) is 0 Å². The Morgan fingerprint density at radius 1 is 0.457 bits per heavy atom. The molecule has 0 amide bonds. The molecule has 35 nitrogen and oxygen atoms in total. The molecule has 0 aromatic rings. The van der Waals surface area contributed by atoms with Gasteiger partial charge in [0, 0.05) is 5.41 Å². The summed E-state index contributed by atoms with van der Waals surface area (Å²) in [5.41, 5.74) is -2.42. The number of aliphatic hydroxyl groups is 20. The molecule has 105 heavy (non-hydrogen) atoms. The molecule has 5 aliphatic carbocycles. The SMILES string of the molecule is C[C@@H]1O[C@@H](O[C@H]2[C@H](O)[C@@H](O)[C@H](OC[C@H]3O[C@@H](OC(=O)[C@]45CCC(C)(C)C[C@H]4C4=CC[C@@H]6[C@@]7(C)CC[C@H](O[C@@H]8OC[C@H](O)[C@H](O)[C@H]8O[C@@H]8O[C@@H](C)[C@H](O)[C@@H](O[C@@H]9OC[C@@H](O)[C@@H](O)[C@H]9O)[C@H]8O)[C@@](C)(CO)[C@@H]7CC[C@@]6(C)[C@]4(C)CC5)[C@H](O)[C@@H](O)[C@@H]3O)O[C@@H]2CO)[C@H](O)[C@H](O[C@@H]2O[C@H](CO)[C@@H](O)[C@H](O)[C@H]2O)[C@H]1O. The highest BCUT2D eigenvalue weighted by Crippen LogP contribution is 2.76. The molecule has 12 rings (SSSR count). The molecule has 0 aromatic heterocycles. The van der Waals surface area contributed by atoms with Gasteiger partial charge >= 0.3 is 5.97 Å². The van der Waals surface area contributed by atoms with Crippen molar-refractivity contribution in [1.29, 1.82) is 0 Å². The zero-order valence-corrected chi connectivity index (χ0v) is 60.3. The van der Waals surface area contributed by atoms with Crippen LogP contribution in [-0.4, -0.2) is 357 Å². The molecule has 604 valence electrons. The zero-order chi connectivity index (χ0) is 76.4. The Balaban J connectivity index is 0.704. The summed E-state index contributed by atoms with van der Waals surface area (Å²) in [6, 6.07) is 0. The second-order valence-electron chi connectivity index (χ2n) is 33.7. The first-order chi connectivity index (χ1) is 49.3. The van der Waals surface area contributed by atoms with Crippen LogP contribution in [0.2, 0.25) is 0 Å². The Labute approximate surface area is 607 Å². The highest BCUT2D eigenvalue weighted by atomic mass is 16.8. The van der Waals surface area contributed by atoms with Gasteiger partial charge in [0.05, 0.1) is 63.4 Å². The summed E-state index contributed by atoms with van der Waals surface area (Å²) in [5, 5.41) is 219. The maximum Gasteiger partial charge on any atom is 0.315 e. The lowest BCUT2D eigenvalue weighted by molar-refractivity contribution is -0.379. The molecule has 0 bridgehead atoms. The summed E-state index contributed by atoms with van der Waals surface area (Å²) in [6.07, 6.45) is -48.3. The van der Waals surface area contributed by atoms with E-state index in [1.165, 1.54) is 13.8 Å². The van der Waals surface area contributed by atoms with Gasteiger partial charge in [0.2, 0.25) is 6.29 Å². The van der Waals surface area contributed by atoms with E-state index in [2.05, 4.69) is 40.7 Å². The number of allylic oxidation sites excluding steroid dienone is 2. The third-order valence-corrected chi connectivity index (χ3v) is 27.0. The molecular formula is C70H114O35. The van der Waals surface area contributed by atoms with Crippen molar-refractivity contribution in [2.45, 2.75) is 328 Å². The maximum atomic E-state index is 15.4. The molecule has 42 atom stereocenters. The molecule has 0 unspecified atom stereocenters. The van der Waals surface area contributed by atoms with Gasteiger partial charge in [0.1, 0.15) is 146 Å². The molecule has 4 saturated carbocycles. The smallest absolute Gasteiger partial charge is 0.315 e. The number of carbonyl (C=O) groups excluding carboxylic acids is 1. The molecule has 11 fully saturated rings. The van der Waals surface area contributed by atoms with Gasteiger partial charge in [0.15, 0.2) is 37.7 Å². The van der Waals surface area contributed by atoms with Gasteiger partial charge in [-0.15, -0.1) is 0 Å². The van der Waals surface area contributed by atoms with E-state index in [0.29, 0.717) is 64.2 Å². The van der Waals surface area contributed by atoms with Gasteiger partial charge in [-0.3, -0.25) is 4.79 Å². The molecule has 35 heteroatoms. The standard InChI is InChI=1S/C70H114O35/c1-26-38(76)54(102-58-47(85)40(78)30(74)22-92-58)51(89)62(96-26)104-56-41(79)31(75)23-93-63(56)100-37-12-13-66(5)35(67(37,6)25-73)11-14-69(8)36(66)10-9-28-29-19-65(3,4)15-17-70(29,18-16-68(28,69)7)64(91)105-60-49(87)45(83)43(81)34(99-60)24-94-57-50(88)46(84)53(33(21-72)98-57)101-61-52(90)55(39(77)27(2)95-61)103-59-48(86)44(82)42(80)32(20-71)97-59/h9,26-27,29-63,71-90H,10-25H2,1-8H3/t26-,27-,29-,30+,31-,32+,33+,34+,35+,36+,37-,38-,39-,40+,41-,42+,43+,44-,45-,46+,47+,48+,49+,50+,51+,52+,53+,54+,55+,56+,57+,58-,59-,60-,61-,62-,63-,66-,67-,68+,69+,70-/m0/s1. The first-order valence-electron chi connectivity index (χ1n) is 37.1. The third-order valence-electron chi connectivity index (χ3n) is 27.0. The fourth-order valence-corrected chi connectivity index (χ4v) is 20.2. The Kier molecular flexibility index (Phi) is 24.6. The van der Waals surface area contributed by atoms with Gasteiger partial charge in [-0.1, -0.05) is 53.2 Å². The summed E-state index contributed by atoms with van der Waals surface area (Å²) in [7, 11) is 0. The Morgan fingerprint density at radius 2 is 0.971 bits per heavy atom. The normalized spacial score (nSPS) is 55.2. The minimum Gasteiger partial charge on any atom is -0.432 e. The van der Waals surface area contributed by atoms with Crippen molar-refractivity contribution in [3.8, 4) is 0 Å². The van der Waals surface area contributed by atoms with Crippen LogP contribution in [0.15, 0.2) is 11.6 Å². The largest absolute Gasteiger partial charge is 0.432 e. The van der Waals surface area contributed by atoms with Crippen LogP contribution in [-0.2, 0) is 71.1 Å². The Bertz CT molecular complexity index is 2970. The second-order valence-corrected chi connectivity index (χ2v) is 33.7. The van der Waals surface area contributed by atoms with Gasteiger partial charge < -0.3 is 168 Å². The van der Waals surface area contributed by atoms with Crippen LogP contribution in [0.5, 0.6) is 0 Å². The molecule has 7 saturated heterocycles. The van der Waals surface area contributed by atoms with E-state index in [-0.39, 0.29) is 41.8 Å². The van der Waals surface area contributed by atoms with Gasteiger partial charge in [0.25, 0.3) is 0 Å². The van der Waals surface area contributed by atoms with Crippen molar-refractivity contribution in [2.24, 2.45) is 50.2 Å². The van der Waals surface area contributed by atoms with E-state index in [1.54, 1.807) is 0 Å². The molecule has 20 N–H and O–H groups in total. The first-order valence-corrected chi connectivity index (χ1v) is 37.1. The zero-order valence-electron chi connectivity index (χ0n) is 60.3. The monoisotopic (exact) mass is 1510 g/mol. The summed E-state index contributed by atoms with van der Waals surface area (Å²) < 4.78 is 83.0. The average molecular weight is 1520 g/mol. The van der Waals surface area contributed by atoms with Gasteiger partial charge in [-0.2, -0.15) is 0 Å². The van der Waals surface area contributed by atoms with Gasteiger partial charge in [-0.05, 0) is 117 Å². The fourth-order valence-electron chi connectivity index (χ4n) is 20.2. The molecule has 7 heterocycles. The van der Waals surface area contributed by atoms with Crippen LogP contribution < -0.4 is 0 Å². The molecule has 7 aliphatic heterocycles. The van der Waals surface area contributed by atoms with Crippen molar-refractivity contribution in [3.05, 3.63) is 11.6 Å². The number of hydrogen-bond donors (Lipinski definition) is 20. The Hall–Kier alpha value is -2.11. The third kappa shape index (κ3) is 14.5. The highest BCUT2D eigenvalue weighted by molar-refractivity contribution is 5.79. The maximum absolute atomic E-state index is 15.4. The number of fused-ring (bicyclic) bond motifs is 7. The first kappa shape index (κ1) is 82.4. The van der Waals surface area contributed by atoms with E-state index in [4.69, 9.17) is 66.3 Å². The van der Waals surface area contributed by atoms with Crippen molar-refractivity contribution in [3.63, 3.8) is 0 Å². The predicted octanol–water partition coefficient (Wildman–Crippen LogP) is -6.26. The fraction of sp³-hybridized carbons (Fsp3) is 0.957. The quantitative estimate of drug-likeness (QED) is 0.0345. The van der Waals surface area contributed by atoms with Gasteiger partial charge in [-0.25, -0.2) is 0 Å². The summed E-state index contributed by atoms with van der Waals surface area (Å²) in [4.78, 5) is 15.4. The lowest BCUT2D eigenvalue weighted by Crippen LogP contribution is -2.67. The summed E-state index contributed by atoms with van der Waals surface area (Å²) in [6.45, 7) is 12.5. The van der Waals surface area contributed by atoms with Crippen molar-refractivity contribution >= 4 is 5.97 Å². The minimum atomic E-state index is -2.01. The number of ether oxygens (including phenoxy) is 14. The number of aliphatic hydroxyl groups excluding tert-OH is 20. The van der Waals surface area contributed by atoms with E-state index in [9.17, 15) is 102 Å². The van der Waals surface area contributed by atoms with E-state index >= 15 is 4.79 Å². The van der Waals surface area contributed by atoms with E-state index in [1.807, 2.05) is 6.92 Å². The lowest BCUT2D eigenvalue weighted by Gasteiger charge is -2.71. The second kappa shape index (κ2) is 31.3. The van der Waals surface area contributed by atoms with Crippen LogP contribution in [0.25, 0.3) is 0 Å². The molecule has 0 aromatic carbocycles. The number of esters is 1. The lowest BCUT2D eigenvalue weighted by atomic mass is 9.33. The number of hydrogen-bond acceptors (Lipinski definition) is 35. The molecular weight excluding hydrogens is 1400 g/mol. The van der Waals surface area contributed by atoms with Crippen LogP contribution >= 0.6 is 0 Å². The minimum absolute atomic E-state index is 0.0487. The van der Waals surface area contributed by atoms with Crippen LogP contribution in [0.1, 0.15) is 120 Å². The predicted molar refractivity (Wildman–Crippen MR) is 347 cm³/mol. The molecule has 0 spiro atoms. The molecule has 12 aliphatic rings. The van der Waals surface area contributed by atoms with Crippen molar-refractivity contribution in [2.75, 3.05) is 39.6 Å². The van der Waals surface area contributed by atoms with Crippen LogP contribution in [0, 0.1) is 50.2 Å². The summed E-state index contributed by atoms with van der Waals surface area (Å²) >= 11 is 0. The highest BCUT2D eigenvalue weighted by Gasteiger charge is 2.71. The average Bonchev–Trinajstić information content (AvgIpc) is 0.674. The Morgan fingerprint density at radius 3 is 1.59 bits per heavy atom. The van der Waals surface area contributed by atoms with E-state index < -0.39 is 263 Å². The topological polar surface area (TPSA) is 551 Å². The summed E-state index contributed by atoms with van der Waals surface area (Å²) in [5.74, 6) is -1.13. The number of carbonyl (C=O) groups is 1. The van der Waals surface area contributed by atoms with Crippen molar-refractivity contribution < 1.29 is 173 Å². The van der Waals surface area contributed by atoms with Crippen molar-refractivity contribution in [1.82, 2.24) is 0 Å². The number of rotatable bonds is 18. The van der Waals surface area contributed by atoms with E-state index in [0.717, 1.165) is 5.57 Å². The molecule has 0 radical (unpaired) electrons.